The number of rotatable bonds is 6. The molecule has 1 amide bonds. The van der Waals surface area contributed by atoms with Crippen LogP contribution in [0, 0.1) is 0 Å². The summed E-state index contributed by atoms with van der Waals surface area (Å²) in [6.45, 7) is 0. The van der Waals surface area contributed by atoms with E-state index in [1.807, 2.05) is 30.3 Å². The number of amides is 1. The summed E-state index contributed by atoms with van der Waals surface area (Å²) in [5.74, 6) is 0.175. The van der Waals surface area contributed by atoms with Crippen LogP contribution < -0.4 is 10.2 Å². The van der Waals surface area contributed by atoms with E-state index in [1.165, 1.54) is 13.3 Å². The number of hydrogen-bond acceptors (Lipinski definition) is 4. The normalized spacial score (nSPS) is 10.6. The predicted octanol–water partition coefficient (Wildman–Crippen LogP) is 2.48. The largest absolute Gasteiger partial charge is 0.504 e. The van der Waals surface area contributed by atoms with Crippen molar-refractivity contribution in [3.8, 4) is 11.5 Å². The number of carbonyl (C=O) groups excluding carboxylic acids is 1. The van der Waals surface area contributed by atoms with Crippen molar-refractivity contribution < 1.29 is 14.6 Å². The molecule has 2 aromatic carbocycles. The van der Waals surface area contributed by atoms with Crippen molar-refractivity contribution in [2.45, 2.75) is 12.8 Å². The van der Waals surface area contributed by atoms with Gasteiger partial charge in [-0.2, -0.15) is 5.10 Å². The van der Waals surface area contributed by atoms with Gasteiger partial charge in [-0.15, -0.1) is 0 Å². The number of ether oxygens (including phenoxy) is 1. The molecule has 2 aromatic rings. The Morgan fingerprint density at radius 1 is 1.23 bits per heavy atom. The smallest absolute Gasteiger partial charge is 0.240 e. The Morgan fingerprint density at radius 2 is 2.00 bits per heavy atom. The summed E-state index contributed by atoms with van der Waals surface area (Å²) in [4.78, 5) is 11.7. The first-order chi connectivity index (χ1) is 10.7. The molecule has 2 N–H and O–H groups in total. The van der Waals surface area contributed by atoms with Crippen LogP contribution in [0.25, 0.3) is 0 Å². The quantitative estimate of drug-likeness (QED) is 0.636. The number of hydrogen-bond donors (Lipinski definition) is 2. The van der Waals surface area contributed by atoms with Gasteiger partial charge >= 0.3 is 0 Å². The number of benzene rings is 2. The molecule has 0 atom stereocenters. The molecule has 114 valence electrons. The molecule has 0 aromatic heterocycles. The fraction of sp³-hybridized carbons (Fsp3) is 0.176. The minimum Gasteiger partial charge on any atom is -0.504 e. The zero-order valence-electron chi connectivity index (χ0n) is 12.3. The number of nitrogens with zero attached hydrogens (tertiary/aromatic N) is 1. The van der Waals surface area contributed by atoms with E-state index in [0.29, 0.717) is 24.2 Å². The fourth-order valence-corrected chi connectivity index (χ4v) is 1.94. The van der Waals surface area contributed by atoms with E-state index in [2.05, 4.69) is 10.5 Å². The number of methoxy groups -OCH3 is 1. The Kier molecular flexibility index (Phi) is 5.54. The number of carbonyl (C=O) groups is 1. The molecule has 0 heterocycles. The van der Waals surface area contributed by atoms with Crippen LogP contribution in [-0.2, 0) is 11.2 Å². The van der Waals surface area contributed by atoms with Crippen LogP contribution >= 0.6 is 0 Å². The van der Waals surface area contributed by atoms with Gasteiger partial charge < -0.3 is 9.84 Å². The third-order valence-electron chi connectivity index (χ3n) is 3.13. The van der Waals surface area contributed by atoms with Crippen LogP contribution in [-0.4, -0.2) is 24.3 Å². The van der Waals surface area contributed by atoms with Gasteiger partial charge in [0.15, 0.2) is 11.5 Å². The summed E-state index contributed by atoms with van der Waals surface area (Å²) in [5.41, 5.74) is 4.02. The Morgan fingerprint density at radius 3 is 2.73 bits per heavy atom. The third-order valence-corrected chi connectivity index (χ3v) is 3.13. The van der Waals surface area contributed by atoms with Gasteiger partial charge in [-0.3, -0.25) is 4.79 Å². The highest BCUT2D eigenvalue weighted by atomic mass is 16.5. The van der Waals surface area contributed by atoms with Gasteiger partial charge in [-0.25, -0.2) is 5.43 Å². The molecule has 0 spiro atoms. The fourth-order valence-electron chi connectivity index (χ4n) is 1.94. The molecule has 0 fully saturated rings. The maximum absolute atomic E-state index is 11.7. The van der Waals surface area contributed by atoms with Crippen LogP contribution in [0.3, 0.4) is 0 Å². The molecule has 0 saturated heterocycles. The molecule has 2 rings (SSSR count). The average molecular weight is 298 g/mol. The molecule has 0 aliphatic heterocycles. The summed E-state index contributed by atoms with van der Waals surface area (Å²) in [6.07, 6.45) is 2.40. The molecule has 0 unspecified atom stereocenters. The monoisotopic (exact) mass is 298 g/mol. The van der Waals surface area contributed by atoms with Crippen molar-refractivity contribution in [3.63, 3.8) is 0 Å². The second-order valence-electron chi connectivity index (χ2n) is 4.68. The Balaban J connectivity index is 1.86. The van der Waals surface area contributed by atoms with E-state index in [9.17, 15) is 9.90 Å². The van der Waals surface area contributed by atoms with Crippen LogP contribution in [0.1, 0.15) is 17.5 Å². The van der Waals surface area contributed by atoms with Crippen LogP contribution in [0.2, 0.25) is 0 Å². The number of hydrazone groups is 1. The van der Waals surface area contributed by atoms with Crippen molar-refractivity contribution in [1.82, 2.24) is 5.43 Å². The van der Waals surface area contributed by atoms with Gasteiger partial charge in [0.1, 0.15) is 0 Å². The van der Waals surface area contributed by atoms with Crippen molar-refractivity contribution in [2.24, 2.45) is 5.10 Å². The number of phenols is 1. The number of para-hydroxylation sites is 1. The lowest BCUT2D eigenvalue weighted by atomic mass is 10.1. The molecule has 0 bridgehead atoms. The molecule has 0 aliphatic rings. The number of nitrogens with one attached hydrogen (secondary N) is 1. The highest BCUT2D eigenvalue weighted by Crippen LogP contribution is 2.27. The molecule has 5 nitrogen and oxygen atoms in total. The molecule has 0 saturated carbocycles. The van der Waals surface area contributed by atoms with Gasteiger partial charge in [0, 0.05) is 12.0 Å². The summed E-state index contributed by atoms with van der Waals surface area (Å²) in [5, 5.41) is 13.7. The minimum absolute atomic E-state index is 0.00714. The lowest BCUT2D eigenvalue weighted by Gasteiger charge is -2.05. The molecular formula is C17H18N2O3. The molecule has 22 heavy (non-hydrogen) atoms. The molecular weight excluding hydrogens is 280 g/mol. The third kappa shape index (κ3) is 4.34. The summed E-state index contributed by atoms with van der Waals surface area (Å²) in [7, 11) is 1.47. The number of aryl methyl sites for hydroxylation is 1. The first kappa shape index (κ1) is 15.6. The standard InChI is InChI=1S/C17H18N2O3/c1-22-15-9-5-8-14(17(15)21)12-18-19-16(20)11-10-13-6-3-2-4-7-13/h2-9,12,21H,10-11H2,1H3,(H,19,20)/b18-12+. The highest BCUT2D eigenvalue weighted by molar-refractivity contribution is 5.86. The van der Waals surface area contributed by atoms with E-state index >= 15 is 0 Å². The Hall–Kier alpha value is -2.82. The summed E-state index contributed by atoms with van der Waals surface area (Å²) in [6, 6.07) is 14.8. The lowest BCUT2D eigenvalue weighted by Crippen LogP contribution is -2.17. The van der Waals surface area contributed by atoms with Gasteiger partial charge in [-0.1, -0.05) is 36.4 Å². The van der Waals surface area contributed by atoms with E-state index < -0.39 is 0 Å². The summed E-state index contributed by atoms with van der Waals surface area (Å²) >= 11 is 0. The second kappa shape index (κ2) is 7.83. The second-order valence-corrected chi connectivity index (χ2v) is 4.68. The molecule has 0 aliphatic carbocycles. The van der Waals surface area contributed by atoms with Crippen molar-refractivity contribution >= 4 is 12.1 Å². The van der Waals surface area contributed by atoms with Crippen LogP contribution in [0.4, 0.5) is 0 Å². The molecule has 0 radical (unpaired) electrons. The van der Waals surface area contributed by atoms with Gasteiger partial charge in [-0.05, 0) is 24.1 Å². The lowest BCUT2D eigenvalue weighted by molar-refractivity contribution is -0.121. The van der Waals surface area contributed by atoms with Crippen molar-refractivity contribution in [1.29, 1.82) is 0 Å². The minimum atomic E-state index is -0.178. The zero-order valence-corrected chi connectivity index (χ0v) is 12.3. The average Bonchev–Trinajstić information content (AvgIpc) is 2.55. The first-order valence-corrected chi connectivity index (χ1v) is 6.92. The van der Waals surface area contributed by atoms with E-state index in [-0.39, 0.29) is 11.7 Å². The van der Waals surface area contributed by atoms with Crippen LogP contribution in [0.15, 0.2) is 53.6 Å². The van der Waals surface area contributed by atoms with Gasteiger partial charge in [0.25, 0.3) is 0 Å². The Labute approximate surface area is 129 Å². The zero-order chi connectivity index (χ0) is 15.8. The maximum Gasteiger partial charge on any atom is 0.240 e. The van der Waals surface area contributed by atoms with Crippen molar-refractivity contribution in [2.75, 3.05) is 7.11 Å². The number of aromatic hydroxyl groups is 1. The highest BCUT2D eigenvalue weighted by Gasteiger charge is 2.05. The predicted molar refractivity (Wildman–Crippen MR) is 85.2 cm³/mol. The van der Waals surface area contributed by atoms with Gasteiger partial charge in [0.2, 0.25) is 5.91 Å². The van der Waals surface area contributed by atoms with Crippen molar-refractivity contribution in [3.05, 3.63) is 59.7 Å². The molecule has 5 heteroatoms. The Bertz CT molecular complexity index is 654. The topological polar surface area (TPSA) is 70.9 Å². The van der Waals surface area contributed by atoms with E-state index in [0.717, 1.165) is 5.56 Å². The number of phenolic OH excluding ortho intramolecular Hbond substituents is 1. The maximum atomic E-state index is 11.7. The van der Waals surface area contributed by atoms with E-state index in [1.54, 1.807) is 18.2 Å². The van der Waals surface area contributed by atoms with Crippen LogP contribution in [0.5, 0.6) is 11.5 Å². The SMILES string of the molecule is COc1cccc(/C=N/NC(=O)CCc2ccccc2)c1O. The first-order valence-electron chi connectivity index (χ1n) is 6.92. The van der Waals surface area contributed by atoms with E-state index in [4.69, 9.17) is 4.74 Å². The summed E-state index contributed by atoms with van der Waals surface area (Å²) < 4.78 is 5.00. The van der Waals surface area contributed by atoms with Gasteiger partial charge in [0.05, 0.1) is 13.3 Å².